The molecule has 1 fully saturated rings. The zero-order valence-electron chi connectivity index (χ0n) is 13.4. The van der Waals surface area contributed by atoms with Crippen molar-refractivity contribution in [3.05, 3.63) is 59.2 Å². The van der Waals surface area contributed by atoms with E-state index in [0.717, 1.165) is 24.3 Å². The van der Waals surface area contributed by atoms with Gasteiger partial charge in [-0.25, -0.2) is 4.99 Å². The van der Waals surface area contributed by atoms with Crippen LogP contribution in [0.3, 0.4) is 0 Å². The molecule has 5 nitrogen and oxygen atoms in total. The van der Waals surface area contributed by atoms with Crippen molar-refractivity contribution < 1.29 is 4.74 Å². The topological polar surface area (TPSA) is 42.1 Å². The summed E-state index contributed by atoms with van der Waals surface area (Å²) in [6.45, 7) is 2.95. The number of aryl methyl sites for hydroxylation is 1. The van der Waals surface area contributed by atoms with Crippen molar-refractivity contribution in [1.29, 1.82) is 0 Å². The molecule has 0 saturated carbocycles. The van der Waals surface area contributed by atoms with Gasteiger partial charge in [-0.3, -0.25) is 0 Å². The Bertz CT molecular complexity index is 752. The molecule has 0 spiro atoms. The molecule has 0 N–H and O–H groups in total. The zero-order valence-corrected chi connectivity index (χ0v) is 16.5. The van der Waals surface area contributed by atoms with Crippen LogP contribution in [-0.4, -0.2) is 41.7 Å². The molecule has 0 aliphatic carbocycles. The lowest BCUT2D eigenvalue weighted by atomic mass is 10.3. The molecule has 1 saturated heterocycles. The number of pyridine rings is 1. The maximum Gasteiger partial charge on any atom is 0.228 e. The van der Waals surface area contributed by atoms with Crippen molar-refractivity contribution in [2.75, 3.05) is 26.3 Å². The number of ether oxygens (including phenoxy) is 1. The smallest absolute Gasteiger partial charge is 0.228 e. The quantitative estimate of drug-likeness (QED) is 0.374. The number of nitrogens with zero attached hydrogens (tertiary/aromatic N) is 4. The maximum absolute atomic E-state index is 5.95. The van der Waals surface area contributed by atoms with E-state index in [-0.39, 0.29) is 24.0 Å². The number of morpholine rings is 1. The van der Waals surface area contributed by atoms with Crippen LogP contribution >= 0.6 is 35.6 Å². The SMILES string of the molecule is Cn1ccccc1=NC(=Nc1ccc(Cl)cc1)N1CCOCC1.I. The normalized spacial score (nSPS) is 16.0. The fourth-order valence-electron chi connectivity index (χ4n) is 2.29. The number of rotatable bonds is 1. The van der Waals surface area contributed by atoms with Crippen molar-refractivity contribution in [1.82, 2.24) is 9.47 Å². The van der Waals surface area contributed by atoms with Gasteiger partial charge in [0.05, 0.1) is 18.9 Å². The molecule has 2 aromatic rings. The second-order valence-electron chi connectivity index (χ2n) is 5.27. The van der Waals surface area contributed by atoms with Gasteiger partial charge in [0, 0.05) is 31.4 Å². The molecule has 0 atom stereocenters. The third-order valence-electron chi connectivity index (χ3n) is 3.59. The Hall–Kier alpha value is -1.38. The molecule has 0 unspecified atom stereocenters. The van der Waals surface area contributed by atoms with Crippen LogP contribution in [0.4, 0.5) is 5.69 Å². The molecule has 0 bridgehead atoms. The predicted molar refractivity (Wildman–Crippen MR) is 107 cm³/mol. The highest BCUT2D eigenvalue weighted by Gasteiger charge is 2.15. The molecule has 1 aromatic heterocycles. The highest BCUT2D eigenvalue weighted by Crippen LogP contribution is 2.17. The molecule has 1 aromatic carbocycles. The minimum atomic E-state index is 0. The van der Waals surface area contributed by atoms with Crippen molar-refractivity contribution in [3.8, 4) is 0 Å². The highest BCUT2D eigenvalue weighted by molar-refractivity contribution is 14.0. The van der Waals surface area contributed by atoms with E-state index in [1.54, 1.807) is 0 Å². The predicted octanol–water partition coefficient (Wildman–Crippen LogP) is 3.22. The minimum Gasteiger partial charge on any atom is -0.378 e. The fraction of sp³-hybridized carbons (Fsp3) is 0.294. The lowest BCUT2D eigenvalue weighted by molar-refractivity contribution is 0.0675. The van der Waals surface area contributed by atoms with Crippen LogP contribution < -0.4 is 5.49 Å². The number of halogens is 2. The Labute approximate surface area is 163 Å². The third-order valence-corrected chi connectivity index (χ3v) is 3.84. The van der Waals surface area contributed by atoms with E-state index in [2.05, 4.69) is 4.90 Å². The zero-order chi connectivity index (χ0) is 16.1. The Morgan fingerprint density at radius 2 is 1.79 bits per heavy atom. The fourth-order valence-corrected chi connectivity index (χ4v) is 2.42. The van der Waals surface area contributed by atoms with E-state index >= 15 is 0 Å². The van der Waals surface area contributed by atoms with Gasteiger partial charge in [0.25, 0.3) is 0 Å². The summed E-state index contributed by atoms with van der Waals surface area (Å²) < 4.78 is 7.40. The summed E-state index contributed by atoms with van der Waals surface area (Å²) in [4.78, 5) is 11.6. The molecule has 0 radical (unpaired) electrons. The van der Waals surface area contributed by atoms with Crippen molar-refractivity contribution in [2.24, 2.45) is 17.0 Å². The van der Waals surface area contributed by atoms with Crippen LogP contribution in [0, 0.1) is 0 Å². The van der Waals surface area contributed by atoms with Crippen LogP contribution in [-0.2, 0) is 11.8 Å². The summed E-state index contributed by atoms with van der Waals surface area (Å²) in [5.41, 5.74) is 1.69. The van der Waals surface area contributed by atoms with E-state index in [4.69, 9.17) is 26.3 Å². The van der Waals surface area contributed by atoms with Gasteiger partial charge in [-0.1, -0.05) is 17.7 Å². The first-order chi connectivity index (χ1) is 11.2. The first kappa shape index (κ1) is 19.0. The van der Waals surface area contributed by atoms with Crippen molar-refractivity contribution in [3.63, 3.8) is 0 Å². The Balaban J connectivity index is 0.00000208. The van der Waals surface area contributed by atoms with Gasteiger partial charge in [-0.05, 0) is 36.4 Å². The van der Waals surface area contributed by atoms with Gasteiger partial charge in [0.15, 0.2) is 0 Å². The monoisotopic (exact) mass is 458 g/mol. The Morgan fingerprint density at radius 1 is 1.08 bits per heavy atom. The van der Waals surface area contributed by atoms with E-state index in [1.165, 1.54) is 0 Å². The van der Waals surface area contributed by atoms with E-state index in [1.807, 2.05) is 60.3 Å². The van der Waals surface area contributed by atoms with Crippen LogP contribution in [0.1, 0.15) is 0 Å². The molecule has 1 aliphatic rings. The molecule has 2 heterocycles. The molecule has 0 amide bonds. The van der Waals surface area contributed by atoms with E-state index in [9.17, 15) is 0 Å². The summed E-state index contributed by atoms with van der Waals surface area (Å²) in [5, 5.41) is 0.697. The first-order valence-electron chi connectivity index (χ1n) is 7.56. The molecule has 1 aliphatic heterocycles. The molecule has 24 heavy (non-hydrogen) atoms. The number of hydrogen-bond donors (Lipinski definition) is 0. The summed E-state index contributed by atoms with van der Waals surface area (Å²) in [6.07, 6.45) is 1.97. The Morgan fingerprint density at radius 3 is 2.46 bits per heavy atom. The van der Waals surface area contributed by atoms with Gasteiger partial charge < -0.3 is 14.2 Å². The second-order valence-corrected chi connectivity index (χ2v) is 5.71. The number of aromatic nitrogens is 1. The number of hydrogen-bond acceptors (Lipinski definition) is 2. The van der Waals surface area contributed by atoms with E-state index < -0.39 is 0 Å². The lowest BCUT2D eigenvalue weighted by Gasteiger charge is -2.27. The summed E-state index contributed by atoms with van der Waals surface area (Å²) in [6, 6.07) is 13.4. The summed E-state index contributed by atoms with van der Waals surface area (Å²) >= 11 is 5.95. The largest absolute Gasteiger partial charge is 0.378 e. The van der Waals surface area contributed by atoms with Crippen LogP contribution in [0.15, 0.2) is 58.6 Å². The maximum atomic E-state index is 5.95. The number of benzene rings is 1. The van der Waals surface area contributed by atoms with Gasteiger partial charge in [0.1, 0.15) is 5.49 Å². The molecular weight excluding hydrogens is 439 g/mol. The van der Waals surface area contributed by atoms with Crippen LogP contribution in [0.2, 0.25) is 5.02 Å². The molecule has 7 heteroatoms. The summed E-state index contributed by atoms with van der Waals surface area (Å²) in [7, 11) is 1.97. The molecule has 128 valence electrons. The molecular formula is C17H20ClIN4O. The highest BCUT2D eigenvalue weighted by atomic mass is 127. The lowest BCUT2D eigenvalue weighted by Crippen LogP contribution is -2.41. The van der Waals surface area contributed by atoms with Crippen molar-refractivity contribution in [2.45, 2.75) is 0 Å². The Kier molecular flexibility index (Phi) is 7.26. The van der Waals surface area contributed by atoms with E-state index in [0.29, 0.717) is 24.2 Å². The van der Waals surface area contributed by atoms with Crippen LogP contribution in [0.5, 0.6) is 0 Å². The van der Waals surface area contributed by atoms with Crippen LogP contribution in [0.25, 0.3) is 0 Å². The first-order valence-corrected chi connectivity index (χ1v) is 7.93. The number of guanidine groups is 1. The summed E-state index contributed by atoms with van der Waals surface area (Å²) in [5.74, 6) is 0.692. The van der Waals surface area contributed by atoms with Gasteiger partial charge in [0.2, 0.25) is 5.96 Å². The van der Waals surface area contributed by atoms with Gasteiger partial charge >= 0.3 is 0 Å². The number of aliphatic imine (C=N–C) groups is 1. The van der Waals surface area contributed by atoms with Gasteiger partial charge in [-0.2, -0.15) is 4.99 Å². The van der Waals surface area contributed by atoms with Gasteiger partial charge in [-0.15, -0.1) is 24.0 Å². The second kappa shape index (κ2) is 9.19. The minimum absolute atomic E-state index is 0. The average Bonchev–Trinajstić information content (AvgIpc) is 2.59. The standard InChI is InChI=1S/C17H19ClN4O.HI/c1-21-9-3-2-4-16(21)20-17(22-10-12-23-13-11-22)19-15-7-5-14(18)6-8-15;/h2-9H,10-13H2,1H3;1H. The average molecular weight is 459 g/mol. The third kappa shape index (κ3) is 5.06. The van der Waals surface area contributed by atoms with Crippen molar-refractivity contribution >= 4 is 47.2 Å². The molecule has 3 rings (SSSR count).